The van der Waals surface area contributed by atoms with Crippen LogP contribution in [-0.2, 0) is 4.74 Å². The number of nitrogens with one attached hydrogen (secondary N) is 2. The highest BCUT2D eigenvalue weighted by molar-refractivity contribution is 5.58. The van der Waals surface area contributed by atoms with Gasteiger partial charge in [0.25, 0.3) is 0 Å². The molecule has 2 rings (SSSR count). The molecule has 0 aliphatic rings. The van der Waals surface area contributed by atoms with Gasteiger partial charge in [0.05, 0.1) is 0 Å². The molecule has 2 N–H and O–H groups in total. The molecule has 1 aromatic heterocycles. The standard InChI is InChI=1S/C15H20N4O/c1-12-17-14(16-9-6-10-20-2)11-15(18-12)19-13-7-4-3-5-8-13/h3-5,7-8,11H,6,9-10H2,1-2H3,(H2,16,17,18,19). The molecule has 20 heavy (non-hydrogen) atoms. The number of anilines is 3. The van der Waals surface area contributed by atoms with Crippen LogP contribution in [0.3, 0.4) is 0 Å². The van der Waals surface area contributed by atoms with Gasteiger partial charge in [-0.25, -0.2) is 9.97 Å². The number of nitrogens with zero attached hydrogens (tertiary/aromatic N) is 2. The summed E-state index contributed by atoms with van der Waals surface area (Å²) in [6.45, 7) is 3.46. The highest BCUT2D eigenvalue weighted by Crippen LogP contribution is 2.16. The topological polar surface area (TPSA) is 59.1 Å². The Morgan fingerprint density at radius 1 is 1.10 bits per heavy atom. The summed E-state index contributed by atoms with van der Waals surface area (Å²) in [5, 5.41) is 6.55. The van der Waals surface area contributed by atoms with E-state index in [4.69, 9.17) is 4.74 Å². The SMILES string of the molecule is COCCCNc1cc(Nc2ccccc2)nc(C)n1. The monoisotopic (exact) mass is 272 g/mol. The molecule has 5 nitrogen and oxygen atoms in total. The molecule has 106 valence electrons. The van der Waals surface area contributed by atoms with Crippen molar-refractivity contribution in [1.29, 1.82) is 0 Å². The molecule has 5 heteroatoms. The first kappa shape index (κ1) is 14.3. The van der Waals surface area contributed by atoms with Crippen molar-refractivity contribution >= 4 is 17.3 Å². The van der Waals surface area contributed by atoms with Crippen molar-refractivity contribution in [2.24, 2.45) is 0 Å². The fourth-order valence-corrected chi connectivity index (χ4v) is 1.82. The molecule has 0 fully saturated rings. The van der Waals surface area contributed by atoms with Crippen molar-refractivity contribution < 1.29 is 4.74 Å². The van der Waals surface area contributed by atoms with Crippen LogP contribution in [0.1, 0.15) is 12.2 Å². The lowest BCUT2D eigenvalue weighted by atomic mass is 10.3. The minimum absolute atomic E-state index is 0.736. The first-order valence-electron chi connectivity index (χ1n) is 6.68. The average molecular weight is 272 g/mol. The first-order chi connectivity index (χ1) is 9.78. The van der Waals surface area contributed by atoms with Gasteiger partial charge in [-0.3, -0.25) is 0 Å². The van der Waals surface area contributed by atoms with Crippen LogP contribution in [0.5, 0.6) is 0 Å². The normalized spacial score (nSPS) is 10.3. The van der Waals surface area contributed by atoms with Crippen molar-refractivity contribution in [2.75, 3.05) is 30.9 Å². The summed E-state index contributed by atoms with van der Waals surface area (Å²) < 4.78 is 5.02. The molecule has 0 unspecified atom stereocenters. The van der Waals surface area contributed by atoms with E-state index in [-0.39, 0.29) is 0 Å². The zero-order valence-electron chi connectivity index (χ0n) is 11.9. The van der Waals surface area contributed by atoms with E-state index in [2.05, 4.69) is 20.6 Å². The summed E-state index contributed by atoms with van der Waals surface area (Å²) in [4.78, 5) is 8.76. The summed E-state index contributed by atoms with van der Waals surface area (Å²) in [5.41, 5.74) is 1.01. The number of benzene rings is 1. The van der Waals surface area contributed by atoms with Crippen molar-refractivity contribution in [2.45, 2.75) is 13.3 Å². The van der Waals surface area contributed by atoms with Gasteiger partial charge >= 0.3 is 0 Å². The maximum atomic E-state index is 5.02. The van der Waals surface area contributed by atoms with E-state index in [1.165, 1.54) is 0 Å². The Morgan fingerprint density at radius 3 is 2.60 bits per heavy atom. The van der Waals surface area contributed by atoms with Crippen molar-refractivity contribution in [1.82, 2.24) is 9.97 Å². The molecule has 0 radical (unpaired) electrons. The van der Waals surface area contributed by atoms with E-state index in [0.29, 0.717) is 0 Å². The van der Waals surface area contributed by atoms with Crippen LogP contribution in [0.2, 0.25) is 0 Å². The number of para-hydroxylation sites is 1. The smallest absolute Gasteiger partial charge is 0.136 e. The van der Waals surface area contributed by atoms with Crippen LogP contribution < -0.4 is 10.6 Å². The Labute approximate surface area is 119 Å². The van der Waals surface area contributed by atoms with Crippen LogP contribution in [0.25, 0.3) is 0 Å². The highest BCUT2D eigenvalue weighted by Gasteiger charge is 2.02. The lowest BCUT2D eigenvalue weighted by Crippen LogP contribution is -2.08. The van der Waals surface area contributed by atoms with E-state index in [1.54, 1.807) is 7.11 Å². The zero-order valence-corrected chi connectivity index (χ0v) is 11.9. The van der Waals surface area contributed by atoms with Crippen LogP contribution in [0, 0.1) is 6.92 Å². The molecule has 2 aromatic rings. The molecular formula is C15H20N4O. The summed E-state index contributed by atoms with van der Waals surface area (Å²) in [7, 11) is 1.71. The number of aromatic nitrogens is 2. The van der Waals surface area contributed by atoms with Crippen LogP contribution in [0.4, 0.5) is 17.3 Å². The van der Waals surface area contributed by atoms with Gasteiger partial charge in [0.2, 0.25) is 0 Å². The third-order valence-corrected chi connectivity index (χ3v) is 2.72. The number of methoxy groups -OCH3 is 1. The van der Waals surface area contributed by atoms with Crippen LogP contribution in [0.15, 0.2) is 36.4 Å². The Kier molecular flexibility index (Phi) is 5.32. The molecule has 0 saturated carbocycles. The third kappa shape index (κ3) is 4.51. The summed E-state index contributed by atoms with van der Waals surface area (Å²) in [5.74, 6) is 2.35. The molecule has 0 saturated heterocycles. The number of hydrogen-bond acceptors (Lipinski definition) is 5. The number of ether oxygens (including phenoxy) is 1. The molecule has 0 bridgehead atoms. The maximum Gasteiger partial charge on any atom is 0.136 e. The fourth-order valence-electron chi connectivity index (χ4n) is 1.82. The lowest BCUT2D eigenvalue weighted by molar-refractivity contribution is 0.198. The second-order valence-electron chi connectivity index (χ2n) is 4.45. The fraction of sp³-hybridized carbons (Fsp3) is 0.333. The molecule has 0 atom stereocenters. The van der Waals surface area contributed by atoms with Gasteiger partial charge in [0.15, 0.2) is 0 Å². The minimum Gasteiger partial charge on any atom is -0.385 e. The molecule has 1 heterocycles. The first-order valence-corrected chi connectivity index (χ1v) is 6.68. The van der Waals surface area contributed by atoms with Crippen molar-refractivity contribution in [3.63, 3.8) is 0 Å². The number of rotatable bonds is 7. The van der Waals surface area contributed by atoms with Gasteiger partial charge in [-0.1, -0.05) is 18.2 Å². The summed E-state index contributed by atoms with van der Waals surface area (Å²) in [6.07, 6.45) is 0.945. The van der Waals surface area contributed by atoms with Crippen molar-refractivity contribution in [3.05, 3.63) is 42.2 Å². The Hall–Kier alpha value is -2.14. The molecule has 0 aliphatic carbocycles. The predicted molar refractivity (Wildman–Crippen MR) is 81.5 cm³/mol. The highest BCUT2D eigenvalue weighted by atomic mass is 16.5. The Morgan fingerprint density at radius 2 is 1.85 bits per heavy atom. The van der Waals surface area contributed by atoms with Crippen molar-refractivity contribution in [3.8, 4) is 0 Å². The van der Waals surface area contributed by atoms with Gasteiger partial charge in [-0.05, 0) is 25.5 Å². The second-order valence-corrected chi connectivity index (χ2v) is 4.45. The predicted octanol–water partition coefficient (Wildman–Crippen LogP) is 2.98. The molecule has 0 spiro atoms. The third-order valence-electron chi connectivity index (χ3n) is 2.72. The Bertz CT molecular complexity index is 531. The zero-order chi connectivity index (χ0) is 14.2. The van der Waals surface area contributed by atoms with Gasteiger partial charge < -0.3 is 15.4 Å². The summed E-state index contributed by atoms with van der Waals surface area (Å²) in [6, 6.07) is 11.9. The molecule has 1 aromatic carbocycles. The maximum absolute atomic E-state index is 5.02. The van der Waals surface area contributed by atoms with E-state index in [9.17, 15) is 0 Å². The minimum atomic E-state index is 0.736. The van der Waals surface area contributed by atoms with E-state index >= 15 is 0 Å². The number of hydrogen-bond donors (Lipinski definition) is 2. The van der Waals surface area contributed by atoms with Gasteiger partial charge in [0, 0.05) is 32.0 Å². The number of aryl methyl sites for hydroxylation is 1. The lowest BCUT2D eigenvalue weighted by Gasteiger charge is -2.10. The molecule has 0 amide bonds. The van der Waals surface area contributed by atoms with Crippen LogP contribution in [-0.4, -0.2) is 30.2 Å². The van der Waals surface area contributed by atoms with E-state index in [0.717, 1.165) is 42.7 Å². The van der Waals surface area contributed by atoms with Gasteiger partial charge in [0.1, 0.15) is 17.5 Å². The average Bonchev–Trinajstić information content (AvgIpc) is 2.44. The van der Waals surface area contributed by atoms with E-state index < -0.39 is 0 Å². The van der Waals surface area contributed by atoms with Crippen LogP contribution >= 0.6 is 0 Å². The Balaban J connectivity index is 2.01. The largest absolute Gasteiger partial charge is 0.385 e. The van der Waals surface area contributed by atoms with E-state index in [1.807, 2.05) is 43.3 Å². The molecule has 0 aliphatic heterocycles. The second kappa shape index (κ2) is 7.45. The summed E-state index contributed by atoms with van der Waals surface area (Å²) >= 11 is 0. The van der Waals surface area contributed by atoms with Gasteiger partial charge in [-0.15, -0.1) is 0 Å². The molecular weight excluding hydrogens is 252 g/mol. The van der Waals surface area contributed by atoms with Gasteiger partial charge in [-0.2, -0.15) is 0 Å². The quantitative estimate of drug-likeness (QED) is 0.759.